The maximum Gasteiger partial charge on any atom is 0.324 e. The minimum Gasteiger partial charge on any atom is -0.464 e. The summed E-state index contributed by atoms with van der Waals surface area (Å²) in [6, 6.07) is 8.71. The predicted molar refractivity (Wildman–Crippen MR) is 221 cm³/mol. The van der Waals surface area contributed by atoms with Crippen molar-refractivity contribution in [2.24, 2.45) is 17.3 Å². The second-order valence-corrected chi connectivity index (χ2v) is 18.0. The number of hydrazine groups is 1. The molecule has 0 unspecified atom stereocenters. The number of amides is 2. The van der Waals surface area contributed by atoms with Gasteiger partial charge in [-0.3, -0.25) is 24.4 Å². The van der Waals surface area contributed by atoms with E-state index in [2.05, 4.69) is 60.3 Å². The van der Waals surface area contributed by atoms with Crippen molar-refractivity contribution in [3.8, 4) is 22.5 Å². The van der Waals surface area contributed by atoms with Gasteiger partial charge in [0.05, 0.1) is 35.9 Å². The van der Waals surface area contributed by atoms with Crippen LogP contribution in [0.5, 0.6) is 0 Å². The van der Waals surface area contributed by atoms with E-state index in [1.165, 1.54) is 16.3 Å². The topological polar surface area (TPSA) is 146 Å². The molecule has 4 aromatic rings. The third-order valence-electron chi connectivity index (χ3n) is 12.2. The van der Waals surface area contributed by atoms with E-state index in [4.69, 9.17) is 28.9 Å². The molecule has 3 fully saturated rings. The highest BCUT2D eigenvalue weighted by Gasteiger charge is 2.45. The van der Waals surface area contributed by atoms with Gasteiger partial charge >= 0.3 is 5.97 Å². The van der Waals surface area contributed by atoms with Crippen LogP contribution >= 0.6 is 11.3 Å². The summed E-state index contributed by atoms with van der Waals surface area (Å²) < 4.78 is 26.8. The molecule has 1 aliphatic carbocycles. The third kappa shape index (κ3) is 8.18. The summed E-state index contributed by atoms with van der Waals surface area (Å²) in [4.78, 5) is 52.3. The summed E-state index contributed by atoms with van der Waals surface area (Å²) in [5.41, 5.74) is 9.50. The van der Waals surface area contributed by atoms with Crippen LogP contribution in [0, 0.1) is 17.3 Å². The number of nitrogens with zero attached hydrogens (tertiary/aromatic N) is 4. The zero-order valence-corrected chi connectivity index (χ0v) is 35.2. The van der Waals surface area contributed by atoms with E-state index in [0.717, 1.165) is 51.1 Å². The lowest BCUT2D eigenvalue weighted by atomic mass is 9.84. The molecule has 6 bridgehead atoms. The number of methoxy groups -OCH3 is 1. The van der Waals surface area contributed by atoms with E-state index in [1.54, 1.807) is 13.3 Å². The lowest BCUT2D eigenvalue weighted by Gasteiger charge is -2.38. The van der Waals surface area contributed by atoms with Crippen LogP contribution in [-0.4, -0.2) is 89.0 Å². The van der Waals surface area contributed by atoms with Crippen LogP contribution < -0.4 is 10.7 Å². The van der Waals surface area contributed by atoms with Crippen LogP contribution in [0.2, 0.25) is 0 Å². The van der Waals surface area contributed by atoms with E-state index in [1.807, 2.05) is 25.3 Å². The predicted octanol–water partition coefficient (Wildman–Crippen LogP) is 6.55. The Labute approximate surface area is 344 Å². The smallest absolute Gasteiger partial charge is 0.324 e. The highest BCUT2D eigenvalue weighted by Crippen LogP contribution is 2.43. The van der Waals surface area contributed by atoms with Crippen molar-refractivity contribution in [3.05, 3.63) is 58.2 Å². The Hall–Kier alpha value is -4.21. The summed E-state index contributed by atoms with van der Waals surface area (Å²) in [5.74, 6) is -0.889. The molecule has 0 radical (unpaired) electrons. The molecule has 6 heterocycles. The van der Waals surface area contributed by atoms with Gasteiger partial charge in [-0.05, 0) is 88.1 Å². The summed E-state index contributed by atoms with van der Waals surface area (Å²) in [7, 11) is 1.70. The number of nitrogens with one attached hydrogen (secondary N) is 2. The third-order valence-corrected chi connectivity index (χ3v) is 13.1. The molecule has 3 aliphatic heterocycles. The Bertz CT molecular complexity index is 2160. The van der Waals surface area contributed by atoms with Crippen molar-refractivity contribution in [1.29, 1.82) is 0 Å². The number of cyclic esters (lactones) is 1. The molecular formula is C44H56N6O7S. The second kappa shape index (κ2) is 16.8. The fraction of sp³-hybridized carbons (Fsp3) is 0.568. The van der Waals surface area contributed by atoms with E-state index in [-0.39, 0.29) is 42.5 Å². The van der Waals surface area contributed by atoms with Crippen LogP contribution in [0.15, 0.2) is 41.9 Å². The van der Waals surface area contributed by atoms with Gasteiger partial charge in [0.15, 0.2) is 0 Å². The number of esters is 1. The van der Waals surface area contributed by atoms with Gasteiger partial charge in [0.1, 0.15) is 23.2 Å². The van der Waals surface area contributed by atoms with Gasteiger partial charge in [0.25, 0.3) is 5.91 Å². The first-order chi connectivity index (χ1) is 28.0. The Balaban J connectivity index is 1.29. The molecule has 2 N–H and O–H groups in total. The van der Waals surface area contributed by atoms with Gasteiger partial charge in [-0.2, -0.15) is 0 Å². The fourth-order valence-electron chi connectivity index (χ4n) is 8.70. The zero-order valence-electron chi connectivity index (χ0n) is 34.4. The van der Waals surface area contributed by atoms with Crippen molar-refractivity contribution < 1.29 is 33.3 Å². The lowest BCUT2D eigenvalue weighted by Crippen LogP contribution is -2.61. The standard InChI is InChI=1S/C44H56N6O7S/c1-7-49-35-13-12-27-21-31(35)32(38(49)29-10-8-16-45-36(29)26(3)54-6)22-44(4,5)24-56-43(53)33-11-9-17-50(48-33)42(52)37(47-40(51)30-20-25(30)2)39(41-46-34(27)23-58-41)57-28-14-18-55-19-15-28/h8,10,12-13,16,21,23,25-26,28,30,33,37,39,48H,7,9,11,14-15,17-20,22,24H2,1-6H3,(H,47,51)/t25-,26-,30-,33-,37-,39-/m0/s1. The highest BCUT2D eigenvalue weighted by atomic mass is 32.1. The maximum atomic E-state index is 14.8. The number of aryl methyl sites for hydroxylation is 1. The maximum absolute atomic E-state index is 14.8. The van der Waals surface area contributed by atoms with Crippen LogP contribution in [0.4, 0.5) is 0 Å². The Morgan fingerprint density at radius 2 is 1.97 bits per heavy atom. The summed E-state index contributed by atoms with van der Waals surface area (Å²) in [6.07, 6.45) is 4.28. The molecule has 2 amide bonds. The van der Waals surface area contributed by atoms with Crippen LogP contribution in [-0.2, 0) is 46.3 Å². The monoisotopic (exact) mass is 812 g/mol. The minimum absolute atomic E-state index is 0.166. The Morgan fingerprint density at radius 3 is 2.71 bits per heavy atom. The van der Waals surface area contributed by atoms with Crippen molar-refractivity contribution in [2.45, 2.75) is 110 Å². The summed E-state index contributed by atoms with van der Waals surface area (Å²) >= 11 is 1.43. The molecule has 310 valence electrons. The van der Waals surface area contributed by atoms with Crippen LogP contribution in [0.1, 0.15) is 95.2 Å². The number of thiazole rings is 1. The summed E-state index contributed by atoms with van der Waals surface area (Å²) in [6.45, 7) is 12.8. The molecule has 1 aromatic carbocycles. The molecule has 1 saturated carbocycles. The van der Waals surface area contributed by atoms with Gasteiger partial charge in [-0.15, -0.1) is 11.3 Å². The van der Waals surface area contributed by atoms with E-state index in [0.29, 0.717) is 63.4 Å². The number of carbonyl (C=O) groups is 3. The molecular weight excluding hydrogens is 757 g/mol. The van der Waals surface area contributed by atoms with E-state index < -0.39 is 29.6 Å². The van der Waals surface area contributed by atoms with Crippen LogP contribution in [0.3, 0.4) is 0 Å². The number of rotatable bonds is 8. The number of carbonyl (C=O) groups excluding carboxylic acids is 3. The molecule has 6 atom stereocenters. The molecule has 0 spiro atoms. The van der Waals surface area contributed by atoms with Gasteiger partial charge in [0.2, 0.25) is 5.91 Å². The van der Waals surface area contributed by atoms with Gasteiger partial charge in [-0.25, -0.2) is 10.4 Å². The number of pyridine rings is 1. The quantitative estimate of drug-likeness (QED) is 0.188. The van der Waals surface area contributed by atoms with Crippen molar-refractivity contribution in [1.82, 2.24) is 30.3 Å². The molecule has 8 rings (SSSR count). The first-order valence-electron chi connectivity index (χ1n) is 20.8. The first-order valence-corrected chi connectivity index (χ1v) is 21.7. The Morgan fingerprint density at radius 1 is 1.17 bits per heavy atom. The highest BCUT2D eigenvalue weighted by molar-refractivity contribution is 7.10. The van der Waals surface area contributed by atoms with Crippen molar-refractivity contribution >= 4 is 40.0 Å². The average molecular weight is 813 g/mol. The molecule has 14 heteroatoms. The molecule has 3 aromatic heterocycles. The summed E-state index contributed by atoms with van der Waals surface area (Å²) in [5, 5.41) is 8.28. The number of benzene rings is 1. The number of hydrogen-bond acceptors (Lipinski definition) is 11. The van der Waals surface area contributed by atoms with E-state index >= 15 is 0 Å². The normalized spacial score (nSPS) is 25.9. The number of hydrogen-bond donors (Lipinski definition) is 2. The second-order valence-electron chi connectivity index (χ2n) is 17.1. The average Bonchev–Trinajstić information content (AvgIpc) is 3.64. The largest absolute Gasteiger partial charge is 0.464 e. The fourth-order valence-corrected chi connectivity index (χ4v) is 9.59. The van der Waals surface area contributed by atoms with E-state index in [9.17, 15) is 14.4 Å². The zero-order chi connectivity index (χ0) is 40.7. The first kappa shape index (κ1) is 40.6. The minimum atomic E-state index is -1.08. The molecule has 58 heavy (non-hydrogen) atoms. The van der Waals surface area contributed by atoms with Gasteiger partial charge in [-0.1, -0.05) is 26.8 Å². The molecule has 13 nitrogen and oxygen atoms in total. The molecule has 4 aliphatic rings. The van der Waals surface area contributed by atoms with Crippen LogP contribution in [0.25, 0.3) is 33.4 Å². The Kier molecular flexibility index (Phi) is 11.8. The lowest BCUT2D eigenvalue weighted by molar-refractivity contribution is -0.158. The number of ether oxygens (including phenoxy) is 4. The molecule has 2 saturated heterocycles. The van der Waals surface area contributed by atoms with Gasteiger partial charge in [0, 0.05) is 78.4 Å². The van der Waals surface area contributed by atoms with Gasteiger partial charge < -0.3 is 28.8 Å². The van der Waals surface area contributed by atoms with Crippen molar-refractivity contribution in [3.63, 3.8) is 0 Å². The number of fused-ring (bicyclic) bond motifs is 6. The SMILES string of the molecule is CCn1c(-c2cccnc2[C@H](C)OC)c2c3cc(ccc31)-c1csc(n1)[C@@H](OC1CCOCC1)[C@H](NC(=O)[C@H]1C[C@@H]1C)C(=O)N1CCC[C@H](N1)C(=O)OCC(C)(C)C2. The number of aromatic nitrogens is 3. The van der Waals surface area contributed by atoms with Crippen molar-refractivity contribution in [2.75, 3.05) is 33.5 Å².